The molecule has 84 valence electrons. The van der Waals surface area contributed by atoms with Crippen LogP contribution in [0.25, 0.3) is 0 Å². The summed E-state index contributed by atoms with van der Waals surface area (Å²) in [5.74, 6) is 2.10. The summed E-state index contributed by atoms with van der Waals surface area (Å²) in [6.45, 7) is 4.11. The molecule has 0 aromatic carbocycles. The van der Waals surface area contributed by atoms with Gasteiger partial charge in [0.25, 0.3) is 0 Å². The fourth-order valence-electron chi connectivity index (χ4n) is 1.19. The van der Waals surface area contributed by atoms with Gasteiger partial charge in [0.15, 0.2) is 6.61 Å². The van der Waals surface area contributed by atoms with Crippen molar-refractivity contribution in [3.8, 4) is 5.75 Å². The molecule has 0 N–H and O–H groups in total. The molecule has 2 heterocycles. The molecule has 0 spiro atoms. The van der Waals surface area contributed by atoms with Crippen molar-refractivity contribution in [1.82, 2.24) is 9.97 Å². The maximum absolute atomic E-state index is 5.48. The lowest BCUT2D eigenvalue weighted by molar-refractivity contribution is 0.259. The molecule has 2 aromatic heterocycles. The molecular weight excluding hydrogens is 272 g/mol. The molecule has 0 atom stereocenters. The molecule has 0 aliphatic rings. The highest BCUT2D eigenvalue weighted by atomic mass is 79.9. The fraction of sp³-hybridized carbons (Fsp3) is 0.273. The number of aryl methyl sites for hydroxylation is 2. The molecule has 4 nitrogen and oxygen atoms in total. The van der Waals surface area contributed by atoms with Gasteiger partial charge in [0.2, 0.25) is 5.89 Å². The largest absolute Gasteiger partial charge is 0.482 e. The van der Waals surface area contributed by atoms with Crippen LogP contribution in [0.15, 0.2) is 27.3 Å². The lowest BCUT2D eigenvalue weighted by atomic mass is 10.4. The molecule has 0 saturated heterocycles. The smallest absolute Gasteiger partial charge is 0.232 e. The van der Waals surface area contributed by atoms with Crippen molar-refractivity contribution in [1.29, 1.82) is 0 Å². The third-order valence-corrected chi connectivity index (χ3v) is 2.60. The Balaban J connectivity index is 1.99. The minimum Gasteiger partial charge on any atom is -0.482 e. The summed E-state index contributed by atoms with van der Waals surface area (Å²) < 4.78 is 11.6. The zero-order valence-corrected chi connectivity index (χ0v) is 10.6. The van der Waals surface area contributed by atoms with Crippen molar-refractivity contribution in [2.45, 2.75) is 20.5 Å². The van der Waals surface area contributed by atoms with Crippen LogP contribution < -0.4 is 4.74 Å². The molecule has 16 heavy (non-hydrogen) atoms. The van der Waals surface area contributed by atoms with Gasteiger partial charge >= 0.3 is 0 Å². The minimum atomic E-state index is 0.317. The topological polar surface area (TPSA) is 48.2 Å². The van der Waals surface area contributed by atoms with E-state index in [9.17, 15) is 0 Å². The number of aromatic nitrogens is 2. The second-order valence-corrected chi connectivity index (χ2v) is 4.17. The summed E-state index contributed by atoms with van der Waals surface area (Å²) in [6, 6.07) is 3.65. The van der Waals surface area contributed by atoms with Gasteiger partial charge in [0.05, 0.1) is 11.9 Å². The van der Waals surface area contributed by atoms with E-state index in [4.69, 9.17) is 9.15 Å². The average Bonchev–Trinajstić information content (AvgIpc) is 2.58. The van der Waals surface area contributed by atoms with Gasteiger partial charge in [0, 0.05) is 0 Å². The quantitative estimate of drug-likeness (QED) is 0.812. The van der Waals surface area contributed by atoms with E-state index >= 15 is 0 Å². The highest BCUT2D eigenvalue weighted by Gasteiger charge is 2.06. The van der Waals surface area contributed by atoms with Crippen LogP contribution in [-0.4, -0.2) is 9.97 Å². The Bertz CT molecular complexity index is 460. The van der Waals surface area contributed by atoms with E-state index in [0.717, 1.165) is 16.1 Å². The van der Waals surface area contributed by atoms with Crippen molar-refractivity contribution in [2.24, 2.45) is 0 Å². The van der Waals surface area contributed by atoms with Crippen LogP contribution in [0.4, 0.5) is 0 Å². The Morgan fingerprint density at radius 2 is 2.19 bits per heavy atom. The molecule has 0 fully saturated rings. The molecule has 2 aromatic rings. The second-order valence-electron chi connectivity index (χ2n) is 3.35. The molecule has 0 aliphatic heterocycles. The van der Waals surface area contributed by atoms with Gasteiger partial charge in [-0.15, -0.1) is 0 Å². The first kappa shape index (κ1) is 11.1. The van der Waals surface area contributed by atoms with Gasteiger partial charge in [-0.3, -0.25) is 0 Å². The van der Waals surface area contributed by atoms with E-state index in [-0.39, 0.29) is 0 Å². The second kappa shape index (κ2) is 4.65. The molecule has 0 saturated carbocycles. The molecule has 0 amide bonds. The first-order chi connectivity index (χ1) is 7.65. The van der Waals surface area contributed by atoms with Crippen molar-refractivity contribution >= 4 is 15.9 Å². The number of hydrogen-bond acceptors (Lipinski definition) is 4. The number of pyridine rings is 1. The summed E-state index contributed by atoms with van der Waals surface area (Å²) in [6.07, 6.45) is 1.65. The van der Waals surface area contributed by atoms with Crippen LogP contribution >= 0.6 is 15.9 Å². The van der Waals surface area contributed by atoms with Gasteiger partial charge in [-0.1, -0.05) is 0 Å². The van der Waals surface area contributed by atoms with E-state index in [0.29, 0.717) is 18.2 Å². The zero-order valence-electron chi connectivity index (χ0n) is 9.03. The number of hydrogen-bond donors (Lipinski definition) is 0. The molecule has 2 rings (SSSR count). The lowest BCUT2D eigenvalue weighted by Gasteiger charge is -2.02. The summed E-state index contributed by atoms with van der Waals surface area (Å²) in [7, 11) is 0. The number of ether oxygens (including phenoxy) is 1. The normalized spacial score (nSPS) is 10.4. The van der Waals surface area contributed by atoms with Crippen molar-refractivity contribution < 1.29 is 9.15 Å². The van der Waals surface area contributed by atoms with E-state index in [2.05, 4.69) is 25.9 Å². The molecule has 0 bridgehead atoms. The third kappa shape index (κ3) is 2.61. The monoisotopic (exact) mass is 282 g/mol. The van der Waals surface area contributed by atoms with Crippen molar-refractivity contribution in [2.75, 3.05) is 0 Å². The average molecular weight is 283 g/mol. The van der Waals surface area contributed by atoms with Gasteiger partial charge in [-0.05, 0) is 41.9 Å². The Kier molecular flexibility index (Phi) is 3.24. The van der Waals surface area contributed by atoms with Gasteiger partial charge in [0.1, 0.15) is 16.1 Å². The highest BCUT2D eigenvalue weighted by molar-refractivity contribution is 9.10. The standard InChI is InChI=1S/C11H11BrN2O2/c1-7-8(2)16-11(14-7)6-15-9-3-4-10(12)13-5-9/h3-5H,6H2,1-2H3. The first-order valence-electron chi connectivity index (χ1n) is 4.82. The fourth-order valence-corrected chi connectivity index (χ4v) is 1.43. The Morgan fingerprint density at radius 1 is 1.38 bits per heavy atom. The predicted octanol–water partition coefficient (Wildman–Crippen LogP) is 3.03. The van der Waals surface area contributed by atoms with E-state index in [1.165, 1.54) is 0 Å². The number of oxazole rings is 1. The highest BCUT2D eigenvalue weighted by Crippen LogP contribution is 2.15. The summed E-state index contributed by atoms with van der Waals surface area (Å²) in [5.41, 5.74) is 0.896. The number of halogens is 1. The number of nitrogens with zero attached hydrogens (tertiary/aromatic N) is 2. The maximum Gasteiger partial charge on any atom is 0.232 e. The predicted molar refractivity (Wildman–Crippen MR) is 62.2 cm³/mol. The molecule has 0 aliphatic carbocycles. The Morgan fingerprint density at radius 3 is 2.75 bits per heavy atom. The van der Waals surface area contributed by atoms with E-state index in [1.54, 1.807) is 6.20 Å². The van der Waals surface area contributed by atoms with Crippen molar-refractivity contribution in [3.63, 3.8) is 0 Å². The number of rotatable bonds is 3. The van der Waals surface area contributed by atoms with Crippen LogP contribution in [0.5, 0.6) is 5.75 Å². The molecule has 5 heteroatoms. The summed E-state index contributed by atoms with van der Waals surface area (Å²) in [4.78, 5) is 8.28. The third-order valence-electron chi connectivity index (χ3n) is 2.14. The first-order valence-corrected chi connectivity index (χ1v) is 5.61. The van der Waals surface area contributed by atoms with E-state index in [1.807, 2.05) is 26.0 Å². The molecular formula is C11H11BrN2O2. The van der Waals surface area contributed by atoms with Gasteiger partial charge < -0.3 is 9.15 Å². The van der Waals surface area contributed by atoms with Crippen LogP contribution in [0.3, 0.4) is 0 Å². The minimum absolute atomic E-state index is 0.317. The van der Waals surface area contributed by atoms with Crippen molar-refractivity contribution in [3.05, 3.63) is 40.3 Å². The van der Waals surface area contributed by atoms with Crippen LogP contribution in [0.2, 0.25) is 0 Å². The maximum atomic E-state index is 5.48. The van der Waals surface area contributed by atoms with Crippen LogP contribution in [0, 0.1) is 13.8 Å². The van der Waals surface area contributed by atoms with Crippen LogP contribution in [-0.2, 0) is 6.61 Å². The molecule has 0 radical (unpaired) electrons. The lowest BCUT2D eigenvalue weighted by Crippen LogP contribution is -1.96. The summed E-state index contributed by atoms with van der Waals surface area (Å²) >= 11 is 3.26. The van der Waals surface area contributed by atoms with Gasteiger partial charge in [-0.2, -0.15) is 0 Å². The van der Waals surface area contributed by atoms with Gasteiger partial charge in [-0.25, -0.2) is 9.97 Å². The SMILES string of the molecule is Cc1nc(COc2ccc(Br)nc2)oc1C. The summed E-state index contributed by atoms with van der Waals surface area (Å²) in [5, 5.41) is 0. The Labute approximate surface area is 102 Å². The zero-order chi connectivity index (χ0) is 11.5. The van der Waals surface area contributed by atoms with E-state index < -0.39 is 0 Å². The Hall–Kier alpha value is -1.36. The molecule has 0 unspecified atom stereocenters. The van der Waals surface area contributed by atoms with Crippen LogP contribution in [0.1, 0.15) is 17.3 Å².